The molecule has 0 unspecified atom stereocenters. The minimum Gasteiger partial charge on any atom is -0.459 e. The first-order valence-corrected chi connectivity index (χ1v) is 12.5. The molecule has 0 spiro atoms. The number of benzene rings is 1. The van der Waals surface area contributed by atoms with Crippen molar-refractivity contribution in [1.29, 1.82) is 0 Å². The Morgan fingerprint density at radius 1 is 1.00 bits per heavy atom. The summed E-state index contributed by atoms with van der Waals surface area (Å²) in [5.41, 5.74) is 2.44. The number of halogens is 1. The van der Waals surface area contributed by atoms with Crippen molar-refractivity contribution < 1.29 is 14.0 Å². The largest absolute Gasteiger partial charge is 0.459 e. The van der Waals surface area contributed by atoms with Crippen LogP contribution in [0.4, 0.5) is 0 Å². The number of carbonyl (C=O) groups is 2. The average molecular weight is 484 g/mol. The van der Waals surface area contributed by atoms with Crippen molar-refractivity contribution in [2.75, 3.05) is 39.3 Å². The summed E-state index contributed by atoms with van der Waals surface area (Å²) < 4.78 is 5.26. The maximum Gasteiger partial charge on any atom is 0.289 e. The summed E-state index contributed by atoms with van der Waals surface area (Å²) in [6.07, 6.45) is 3.22. The molecule has 0 saturated carbocycles. The molecular formula is C25H26ClN3O3S. The summed E-state index contributed by atoms with van der Waals surface area (Å²) in [6.45, 7) is 3.52. The predicted octanol–water partition coefficient (Wildman–Crippen LogP) is 4.32. The SMILES string of the molecule is O=C(CN1CCc2sccc2[C@H]1c1ccc(Cl)cc1)N1CCCN(C(=O)c2ccco2)CC1. The summed E-state index contributed by atoms with van der Waals surface area (Å²) in [6, 6.07) is 13.6. The Hall–Kier alpha value is -2.61. The Bertz CT molecular complexity index is 1110. The number of furan rings is 1. The van der Waals surface area contributed by atoms with Crippen molar-refractivity contribution >= 4 is 34.8 Å². The van der Waals surface area contributed by atoms with E-state index in [2.05, 4.69) is 28.5 Å². The number of thiophene rings is 1. The van der Waals surface area contributed by atoms with Gasteiger partial charge in [-0.25, -0.2) is 0 Å². The normalized spacial score (nSPS) is 19.2. The molecule has 0 bridgehead atoms. The second-order valence-electron chi connectivity index (χ2n) is 8.48. The quantitative estimate of drug-likeness (QED) is 0.554. The van der Waals surface area contributed by atoms with E-state index >= 15 is 0 Å². The van der Waals surface area contributed by atoms with Crippen molar-refractivity contribution in [1.82, 2.24) is 14.7 Å². The maximum absolute atomic E-state index is 13.3. The highest BCUT2D eigenvalue weighted by molar-refractivity contribution is 7.10. The van der Waals surface area contributed by atoms with E-state index in [9.17, 15) is 9.59 Å². The Kier molecular flexibility index (Phi) is 6.53. The lowest BCUT2D eigenvalue weighted by atomic mass is 9.93. The van der Waals surface area contributed by atoms with Crippen LogP contribution in [0.5, 0.6) is 0 Å². The number of amides is 2. The van der Waals surface area contributed by atoms with Crippen LogP contribution in [0.3, 0.4) is 0 Å². The predicted molar refractivity (Wildman–Crippen MR) is 129 cm³/mol. The van der Waals surface area contributed by atoms with Crippen LogP contribution in [0, 0.1) is 0 Å². The summed E-state index contributed by atoms with van der Waals surface area (Å²) >= 11 is 7.92. The summed E-state index contributed by atoms with van der Waals surface area (Å²) in [5.74, 6) is 0.346. The minimum absolute atomic E-state index is 0.0465. The highest BCUT2D eigenvalue weighted by Crippen LogP contribution is 2.38. The number of carbonyl (C=O) groups excluding carboxylic acids is 2. The lowest BCUT2D eigenvalue weighted by Gasteiger charge is -2.37. The lowest BCUT2D eigenvalue weighted by Crippen LogP contribution is -2.45. The number of nitrogens with zero attached hydrogens (tertiary/aromatic N) is 3. The summed E-state index contributed by atoms with van der Waals surface area (Å²) in [5, 5.41) is 2.85. The Labute approximate surface area is 202 Å². The molecule has 0 N–H and O–H groups in total. The molecule has 4 heterocycles. The molecule has 0 aliphatic carbocycles. The van der Waals surface area contributed by atoms with Gasteiger partial charge in [-0.2, -0.15) is 0 Å². The van der Waals surface area contributed by atoms with Crippen molar-refractivity contribution in [3.63, 3.8) is 0 Å². The zero-order chi connectivity index (χ0) is 22.8. The smallest absolute Gasteiger partial charge is 0.289 e. The molecule has 1 atom stereocenters. The molecule has 0 radical (unpaired) electrons. The molecule has 2 aliphatic rings. The molecule has 172 valence electrons. The van der Waals surface area contributed by atoms with Gasteiger partial charge < -0.3 is 14.2 Å². The van der Waals surface area contributed by atoms with Crippen molar-refractivity contribution in [2.45, 2.75) is 18.9 Å². The van der Waals surface area contributed by atoms with Crippen LogP contribution < -0.4 is 0 Å². The van der Waals surface area contributed by atoms with Crippen LogP contribution in [0.25, 0.3) is 0 Å². The van der Waals surface area contributed by atoms with Gasteiger partial charge in [-0.05, 0) is 59.7 Å². The standard InChI is InChI=1S/C25H26ClN3O3S/c26-19-6-4-18(5-7-19)24-20-9-16-33-22(20)8-12-29(24)17-23(30)27-10-2-11-28(14-13-27)25(31)21-3-1-15-32-21/h1,3-7,9,15-16,24H,2,8,10-14,17H2/t24-/m1/s1. The van der Waals surface area contributed by atoms with E-state index in [0.717, 1.165) is 24.9 Å². The first-order chi connectivity index (χ1) is 16.1. The van der Waals surface area contributed by atoms with Crippen molar-refractivity contribution in [3.8, 4) is 0 Å². The molecule has 1 saturated heterocycles. The van der Waals surface area contributed by atoms with Gasteiger partial charge in [-0.15, -0.1) is 11.3 Å². The first kappa shape index (κ1) is 22.2. The van der Waals surface area contributed by atoms with E-state index in [1.807, 2.05) is 17.0 Å². The van der Waals surface area contributed by atoms with Gasteiger partial charge in [-0.3, -0.25) is 14.5 Å². The van der Waals surface area contributed by atoms with Gasteiger partial charge >= 0.3 is 0 Å². The Morgan fingerprint density at radius 2 is 1.79 bits per heavy atom. The second-order valence-corrected chi connectivity index (χ2v) is 9.91. The third-order valence-corrected chi connectivity index (χ3v) is 7.71. The fourth-order valence-electron chi connectivity index (χ4n) is 4.77. The van der Waals surface area contributed by atoms with Crippen LogP contribution in [-0.2, 0) is 11.2 Å². The van der Waals surface area contributed by atoms with Crippen LogP contribution >= 0.6 is 22.9 Å². The summed E-state index contributed by atoms with van der Waals surface area (Å²) in [4.78, 5) is 33.3. The molecule has 1 fully saturated rings. The van der Waals surface area contributed by atoms with E-state index in [4.69, 9.17) is 16.0 Å². The van der Waals surface area contributed by atoms with Gasteiger partial charge in [-0.1, -0.05) is 23.7 Å². The van der Waals surface area contributed by atoms with Crippen LogP contribution in [0.2, 0.25) is 5.02 Å². The van der Waals surface area contributed by atoms with Gasteiger partial charge in [0.05, 0.1) is 18.8 Å². The van der Waals surface area contributed by atoms with Crippen LogP contribution in [-0.4, -0.2) is 65.8 Å². The number of hydrogen-bond donors (Lipinski definition) is 0. The highest BCUT2D eigenvalue weighted by Gasteiger charge is 2.32. The number of fused-ring (bicyclic) bond motifs is 1. The monoisotopic (exact) mass is 483 g/mol. The fraction of sp³-hybridized carbons (Fsp3) is 0.360. The average Bonchev–Trinajstić information content (AvgIpc) is 3.47. The van der Waals surface area contributed by atoms with Gasteiger partial charge in [0, 0.05) is 42.6 Å². The van der Waals surface area contributed by atoms with Crippen LogP contribution in [0.1, 0.15) is 39.0 Å². The van der Waals surface area contributed by atoms with E-state index < -0.39 is 0 Å². The van der Waals surface area contributed by atoms with E-state index in [1.54, 1.807) is 28.4 Å². The first-order valence-electron chi connectivity index (χ1n) is 11.3. The molecule has 8 heteroatoms. The molecule has 5 rings (SSSR count). The molecule has 2 aromatic heterocycles. The van der Waals surface area contributed by atoms with Crippen molar-refractivity contribution in [2.24, 2.45) is 0 Å². The third kappa shape index (κ3) is 4.71. The number of rotatable bonds is 4. The van der Waals surface area contributed by atoms with Gasteiger partial charge in [0.15, 0.2) is 5.76 Å². The highest BCUT2D eigenvalue weighted by atomic mass is 35.5. The molecule has 1 aromatic carbocycles. The van der Waals surface area contributed by atoms with E-state index in [1.165, 1.54) is 16.7 Å². The molecular weight excluding hydrogens is 458 g/mol. The van der Waals surface area contributed by atoms with Gasteiger partial charge in [0.1, 0.15) is 0 Å². The lowest BCUT2D eigenvalue weighted by molar-refractivity contribution is -0.132. The van der Waals surface area contributed by atoms with Gasteiger partial charge in [0.25, 0.3) is 5.91 Å². The number of hydrogen-bond acceptors (Lipinski definition) is 5. The zero-order valence-corrected chi connectivity index (χ0v) is 19.9. The molecule has 2 aliphatic heterocycles. The summed E-state index contributed by atoms with van der Waals surface area (Å²) in [7, 11) is 0. The topological polar surface area (TPSA) is 57.0 Å². The zero-order valence-electron chi connectivity index (χ0n) is 18.3. The van der Waals surface area contributed by atoms with Crippen molar-refractivity contribution in [3.05, 3.63) is 80.9 Å². The Balaban J connectivity index is 1.28. The molecule has 2 amide bonds. The fourth-order valence-corrected chi connectivity index (χ4v) is 5.80. The van der Waals surface area contributed by atoms with E-state index in [-0.39, 0.29) is 17.9 Å². The molecule has 3 aromatic rings. The molecule has 33 heavy (non-hydrogen) atoms. The minimum atomic E-state index is -0.113. The third-order valence-electron chi connectivity index (χ3n) is 6.46. The van der Waals surface area contributed by atoms with E-state index in [0.29, 0.717) is 43.5 Å². The van der Waals surface area contributed by atoms with Gasteiger partial charge in [0.2, 0.25) is 5.91 Å². The van der Waals surface area contributed by atoms with Crippen LogP contribution in [0.15, 0.2) is 58.5 Å². The Morgan fingerprint density at radius 3 is 2.58 bits per heavy atom. The second kappa shape index (κ2) is 9.71. The maximum atomic E-state index is 13.3. The molecule has 6 nitrogen and oxygen atoms in total.